The number of anilines is 2. The molecule has 3 N–H and O–H groups in total. The Morgan fingerprint density at radius 2 is 1.93 bits per heavy atom. The van der Waals surface area contributed by atoms with Gasteiger partial charge < -0.3 is 15.5 Å². The Morgan fingerprint density at radius 1 is 1.18 bits per heavy atom. The van der Waals surface area contributed by atoms with Crippen molar-refractivity contribution in [3.63, 3.8) is 0 Å². The van der Waals surface area contributed by atoms with Gasteiger partial charge in [0.25, 0.3) is 5.24 Å². The molecule has 0 spiro atoms. The molecule has 3 amide bonds. The van der Waals surface area contributed by atoms with Gasteiger partial charge >= 0.3 is 5.97 Å². The number of phenols is 1. The second kappa shape index (κ2) is 7.73. The predicted molar refractivity (Wildman–Crippen MR) is 104 cm³/mol. The van der Waals surface area contributed by atoms with E-state index in [-0.39, 0.29) is 17.7 Å². The number of rotatable bonds is 5. The fourth-order valence-corrected chi connectivity index (χ4v) is 3.74. The molecule has 9 heteroatoms. The number of nitrogens with one attached hydrogen (secondary N) is 1. The highest BCUT2D eigenvalue weighted by atomic mass is 32.2. The zero-order valence-corrected chi connectivity index (χ0v) is 15.5. The van der Waals surface area contributed by atoms with Gasteiger partial charge in [-0.3, -0.25) is 14.4 Å². The minimum absolute atomic E-state index is 0.164. The van der Waals surface area contributed by atoms with E-state index >= 15 is 0 Å². The third-order valence-corrected chi connectivity index (χ3v) is 5.10. The fourth-order valence-electron chi connectivity index (χ4n) is 2.75. The van der Waals surface area contributed by atoms with E-state index in [0.717, 1.165) is 34.4 Å². The van der Waals surface area contributed by atoms with E-state index in [9.17, 15) is 24.3 Å². The van der Waals surface area contributed by atoms with E-state index in [1.54, 1.807) is 18.2 Å². The zero-order valence-electron chi connectivity index (χ0n) is 14.7. The van der Waals surface area contributed by atoms with E-state index < -0.39 is 34.0 Å². The van der Waals surface area contributed by atoms with Gasteiger partial charge in [0.15, 0.2) is 0 Å². The molecule has 1 heterocycles. The van der Waals surface area contributed by atoms with Crippen molar-refractivity contribution in [2.75, 3.05) is 10.2 Å². The van der Waals surface area contributed by atoms with Gasteiger partial charge in [-0.25, -0.2) is 9.69 Å². The smallest absolute Gasteiger partial charge is 0.339 e. The summed E-state index contributed by atoms with van der Waals surface area (Å²) in [6, 6.07) is 10.5. The number of hydrogen-bond donors (Lipinski definition) is 3. The maximum atomic E-state index is 12.6. The van der Waals surface area contributed by atoms with Crippen LogP contribution in [-0.2, 0) is 9.59 Å². The molecule has 2 aromatic carbocycles. The van der Waals surface area contributed by atoms with E-state index in [2.05, 4.69) is 5.32 Å². The summed E-state index contributed by atoms with van der Waals surface area (Å²) in [5, 5.41) is 19.7. The third-order valence-electron chi connectivity index (χ3n) is 4.06. The Kier molecular flexibility index (Phi) is 5.36. The van der Waals surface area contributed by atoms with Crippen LogP contribution in [0.15, 0.2) is 42.5 Å². The zero-order chi connectivity index (χ0) is 20.4. The fraction of sp³-hybridized carbons (Fsp3) is 0.158. The predicted octanol–water partition coefficient (Wildman–Crippen LogP) is 3.00. The number of imide groups is 1. The molecule has 8 nitrogen and oxygen atoms in total. The first kappa shape index (κ1) is 19.4. The van der Waals surface area contributed by atoms with Crippen molar-refractivity contribution < 1.29 is 29.4 Å². The SMILES string of the molecule is Cc1cccc(N2C(=O)SC(CC(=O)Nc3ccc(O)c(C(=O)O)c3)C2=O)c1. The first-order chi connectivity index (χ1) is 13.3. The van der Waals surface area contributed by atoms with Gasteiger partial charge in [-0.05, 0) is 54.6 Å². The van der Waals surface area contributed by atoms with Gasteiger partial charge in [0.2, 0.25) is 11.8 Å². The van der Waals surface area contributed by atoms with Crippen molar-refractivity contribution in [3.8, 4) is 5.75 Å². The quantitative estimate of drug-likeness (QED) is 0.659. The molecule has 0 radical (unpaired) electrons. The van der Waals surface area contributed by atoms with Crippen LogP contribution in [0.4, 0.5) is 16.2 Å². The molecular weight excluding hydrogens is 384 g/mol. The topological polar surface area (TPSA) is 124 Å². The Balaban J connectivity index is 1.70. The van der Waals surface area contributed by atoms with Crippen LogP contribution >= 0.6 is 11.8 Å². The molecule has 3 rings (SSSR count). The first-order valence-corrected chi connectivity index (χ1v) is 9.11. The van der Waals surface area contributed by atoms with Crippen molar-refractivity contribution in [1.82, 2.24) is 0 Å². The number of carboxylic acids is 1. The monoisotopic (exact) mass is 400 g/mol. The molecule has 2 aromatic rings. The summed E-state index contributed by atoms with van der Waals surface area (Å²) in [6.45, 7) is 1.84. The van der Waals surface area contributed by atoms with Gasteiger partial charge in [0, 0.05) is 12.1 Å². The van der Waals surface area contributed by atoms with Crippen molar-refractivity contribution in [2.24, 2.45) is 0 Å². The first-order valence-electron chi connectivity index (χ1n) is 8.23. The summed E-state index contributed by atoms with van der Waals surface area (Å²) in [5.41, 5.74) is 1.16. The van der Waals surface area contributed by atoms with Crippen LogP contribution in [0.25, 0.3) is 0 Å². The van der Waals surface area contributed by atoms with E-state index in [1.807, 2.05) is 13.0 Å². The largest absolute Gasteiger partial charge is 0.507 e. The van der Waals surface area contributed by atoms with Gasteiger partial charge in [-0.1, -0.05) is 12.1 Å². The Morgan fingerprint density at radius 3 is 2.61 bits per heavy atom. The van der Waals surface area contributed by atoms with E-state index in [0.29, 0.717) is 5.69 Å². The number of aromatic hydroxyl groups is 1. The Bertz CT molecular complexity index is 990. The Hall–Kier alpha value is -3.33. The molecule has 1 saturated heterocycles. The summed E-state index contributed by atoms with van der Waals surface area (Å²) < 4.78 is 0. The van der Waals surface area contributed by atoms with Crippen molar-refractivity contribution in [1.29, 1.82) is 0 Å². The van der Waals surface area contributed by atoms with Crippen LogP contribution in [0.1, 0.15) is 22.3 Å². The molecule has 0 bridgehead atoms. The number of carbonyl (C=O) groups excluding carboxylic acids is 3. The van der Waals surface area contributed by atoms with E-state index in [4.69, 9.17) is 5.11 Å². The lowest BCUT2D eigenvalue weighted by molar-refractivity contribution is -0.121. The van der Waals surface area contributed by atoms with Crippen LogP contribution in [0.3, 0.4) is 0 Å². The Labute approximate surface area is 164 Å². The average molecular weight is 400 g/mol. The van der Waals surface area contributed by atoms with Crippen LogP contribution in [-0.4, -0.2) is 38.5 Å². The number of carboxylic acid groups (broad SMARTS) is 1. The number of aryl methyl sites for hydroxylation is 1. The van der Waals surface area contributed by atoms with Crippen LogP contribution < -0.4 is 10.2 Å². The highest BCUT2D eigenvalue weighted by Gasteiger charge is 2.41. The second-order valence-corrected chi connectivity index (χ2v) is 7.33. The highest BCUT2D eigenvalue weighted by molar-refractivity contribution is 8.15. The summed E-state index contributed by atoms with van der Waals surface area (Å²) >= 11 is 0.774. The van der Waals surface area contributed by atoms with Gasteiger partial charge in [0.05, 0.1) is 5.69 Å². The van der Waals surface area contributed by atoms with E-state index in [1.165, 1.54) is 6.07 Å². The molecule has 1 aliphatic heterocycles. The minimum Gasteiger partial charge on any atom is -0.507 e. The number of amides is 3. The number of benzene rings is 2. The molecule has 1 atom stereocenters. The molecule has 0 saturated carbocycles. The van der Waals surface area contributed by atoms with Crippen molar-refractivity contribution in [3.05, 3.63) is 53.6 Å². The van der Waals surface area contributed by atoms with Crippen molar-refractivity contribution in [2.45, 2.75) is 18.6 Å². The van der Waals surface area contributed by atoms with Crippen LogP contribution in [0.2, 0.25) is 0 Å². The lowest BCUT2D eigenvalue weighted by atomic mass is 10.1. The third kappa shape index (κ3) is 3.99. The lowest BCUT2D eigenvalue weighted by Crippen LogP contribution is -2.33. The summed E-state index contributed by atoms with van der Waals surface area (Å²) in [4.78, 5) is 49.2. The van der Waals surface area contributed by atoms with Gasteiger partial charge in [-0.15, -0.1) is 0 Å². The minimum atomic E-state index is -1.34. The number of nitrogens with zero attached hydrogens (tertiary/aromatic N) is 1. The lowest BCUT2D eigenvalue weighted by Gasteiger charge is -2.14. The molecule has 1 unspecified atom stereocenters. The number of aromatic carboxylic acids is 1. The molecular formula is C19H16N2O6S. The van der Waals surface area contributed by atoms with Gasteiger partial charge in [0.1, 0.15) is 16.6 Å². The maximum absolute atomic E-state index is 12.6. The molecule has 0 aromatic heterocycles. The number of carbonyl (C=O) groups is 4. The van der Waals surface area contributed by atoms with Gasteiger partial charge in [-0.2, -0.15) is 0 Å². The van der Waals surface area contributed by atoms with Crippen LogP contribution in [0, 0.1) is 6.92 Å². The summed E-state index contributed by atoms with van der Waals surface area (Å²) in [6.07, 6.45) is -0.249. The molecule has 0 aliphatic carbocycles. The molecule has 144 valence electrons. The second-order valence-electron chi connectivity index (χ2n) is 6.17. The highest BCUT2D eigenvalue weighted by Crippen LogP contribution is 2.34. The molecule has 1 fully saturated rings. The van der Waals surface area contributed by atoms with Crippen molar-refractivity contribution >= 4 is 46.2 Å². The summed E-state index contributed by atoms with van der Waals surface area (Å²) in [5.74, 6) is -2.79. The normalized spacial score (nSPS) is 16.3. The number of thioether (sulfide) groups is 1. The standard InChI is InChI=1S/C19H16N2O6S/c1-10-3-2-4-12(7-10)21-17(24)15(28-19(21)27)9-16(23)20-11-5-6-14(22)13(8-11)18(25)26/h2-8,15,22H,9H2,1H3,(H,20,23)(H,25,26). The van der Waals surface area contributed by atoms with Crippen LogP contribution in [0.5, 0.6) is 5.75 Å². The average Bonchev–Trinajstić information content (AvgIpc) is 2.89. The number of hydrogen-bond acceptors (Lipinski definition) is 6. The molecule has 1 aliphatic rings. The molecule has 28 heavy (non-hydrogen) atoms. The maximum Gasteiger partial charge on any atom is 0.339 e. The summed E-state index contributed by atoms with van der Waals surface area (Å²) in [7, 11) is 0.